The van der Waals surface area contributed by atoms with Crippen LogP contribution in [0.25, 0.3) is 0 Å². The molecule has 0 saturated carbocycles. The normalized spacial score (nSPS) is 26.0. The summed E-state index contributed by atoms with van der Waals surface area (Å²) in [7, 11) is 0. The lowest BCUT2D eigenvalue weighted by molar-refractivity contribution is -0.153. The summed E-state index contributed by atoms with van der Waals surface area (Å²) >= 11 is 0. The van der Waals surface area contributed by atoms with Crippen LogP contribution >= 0.6 is 0 Å². The van der Waals surface area contributed by atoms with Gasteiger partial charge < -0.3 is 14.5 Å². The van der Waals surface area contributed by atoms with Crippen molar-refractivity contribution in [2.24, 2.45) is 16.8 Å². The number of guanidine groups is 1. The second kappa shape index (κ2) is 7.77. The Morgan fingerprint density at radius 3 is 2.48 bits per heavy atom. The molecule has 0 radical (unpaired) electrons. The molecule has 0 aromatic carbocycles. The van der Waals surface area contributed by atoms with Gasteiger partial charge >= 0.3 is 5.97 Å². The Morgan fingerprint density at radius 2 is 1.96 bits per heavy atom. The molecule has 1 amide bonds. The molecule has 1 N–H and O–H groups in total. The Balaban J connectivity index is 2.15. The van der Waals surface area contributed by atoms with E-state index in [1.54, 1.807) is 6.92 Å². The van der Waals surface area contributed by atoms with Crippen LogP contribution in [-0.2, 0) is 14.3 Å². The monoisotopic (exact) mass is 324 g/mol. The van der Waals surface area contributed by atoms with Crippen molar-refractivity contribution >= 4 is 17.8 Å². The lowest BCUT2D eigenvalue weighted by Crippen LogP contribution is -2.59. The van der Waals surface area contributed by atoms with Crippen molar-refractivity contribution in [2.75, 3.05) is 39.3 Å². The maximum atomic E-state index is 12.5. The van der Waals surface area contributed by atoms with E-state index in [-0.39, 0.29) is 24.5 Å². The predicted molar refractivity (Wildman–Crippen MR) is 88.0 cm³/mol. The number of ether oxygens (including phenoxy) is 1. The van der Waals surface area contributed by atoms with Crippen LogP contribution in [0.2, 0.25) is 0 Å². The molecule has 0 bridgehead atoms. The van der Waals surface area contributed by atoms with Crippen molar-refractivity contribution in [1.29, 1.82) is 0 Å². The molecular weight excluding hydrogens is 296 g/mol. The summed E-state index contributed by atoms with van der Waals surface area (Å²) in [5, 5.41) is 2.81. The minimum atomic E-state index is -0.851. The first-order valence-corrected chi connectivity index (χ1v) is 8.50. The maximum Gasteiger partial charge on any atom is 0.320 e. The number of nitrogens with zero attached hydrogens (tertiary/aromatic N) is 3. The Morgan fingerprint density at radius 1 is 1.30 bits per heavy atom. The Labute approximate surface area is 138 Å². The standard InChI is InChI=1S/C16H28N4O3/c1-5-19-7-9-20(10-8-19)16-17-13(11(3)4)12(14(21)18-16)15(22)23-6-2/h11-13H,5-10H2,1-4H3,(H,17,18,21)/t12-,13-/m0/s1. The Kier molecular flexibility index (Phi) is 5.98. The minimum absolute atomic E-state index is 0.0855. The summed E-state index contributed by atoms with van der Waals surface area (Å²) in [4.78, 5) is 33.7. The van der Waals surface area contributed by atoms with Gasteiger partial charge in [-0.1, -0.05) is 20.8 Å². The number of piperazine rings is 1. The van der Waals surface area contributed by atoms with Crippen molar-refractivity contribution in [1.82, 2.24) is 15.1 Å². The molecule has 2 heterocycles. The SMILES string of the molecule is CCOC(=O)[C@@H]1C(=O)NC(N2CCN(CC)CC2)=N[C@H]1C(C)C. The molecule has 130 valence electrons. The molecule has 2 aliphatic heterocycles. The molecule has 0 aliphatic carbocycles. The van der Waals surface area contributed by atoms with Crippen molar-refractivity contribution in [3.05, 3.63) is 0 Å². The number of carbonyl (C=O) groups is 2. The zero-order valence-electron chi connectivity index (χ0n) is 14.5. The van der Waals surface area contributed by atoms with Gasteiger partial charge in [-0.2, -0.15) is 0 Å². The molecule has 0 aromatic heterocycles. The molecule has 2 rings (SSSR count). The van der Waals surface area contributed by atoms with Gasteiger partial charge in [-0.05, 0) is 19.4 Å². The number of carbonyl (C=O) groups excluding carboxylic acids is 2. The number of likely N-dealkylation sites (N-methyl/N-ethyl adjacent to an activating group) is 1. The van der Waals surface area contributed by atoms with E-state index in [9.17, 15) is 9.59 Å². The average Bonchev–Trinajstić information content (AvgIpc) is 2.54. The molecule has 0 unspecified atom stereocenters. The van der Waals surface area contributed by atoms with Crippen LogP contribution in [0, 0.1) is 11.8 Å². The number of hydrogen-bond acceptors (Lipinski definition) is 6. The van der Waals surface area contributed by atoms with Gasteiger partial charge in [0.15, 0.2) is 5.92 Å². The summed E-state index contributed by atoms with van der Waals surface area (Å²) in [6.07, 6.45) is 0. The number of aliphatic imine (C=N–C) groups is 1. The second-order valence-electron chi connectivity index (χ2n) is 6.33. The molecule has 2 aliphatic rings. The minimum Gasteiger partial charge on any atom is -0.465 e. The third kappa shape index (κ3) is 4.02. The topological polar surface area (TPSA) is 74.2 Å². The fraction of sp³-hybridized carbons (Fsp3) is 0.812. The van der Waals surface area contributed by atoms with Crippen LogP contribution in [0.15, 0.2) is 4.99 Å². The zero-order valence-corrected chi connectivity index (χ0v) is 14.5. The first kappa shape index (κ1) is 17.7. The number of esters is 1. The Hall–Kier alpha value is -1.63. The molecule has 7 nitrogen and oxygen atoms in total. The quantitative estimate of drug-likeness (QED) is 0.595. The lowest BCUT2D eigenvalue weighted by atomic mass is 9.89. The van der Waals surface area contributed by atoms with Crippen LogP contribution in [0.1, 0.15) is 27.7 Å². The smallest absolute Gasteiger partial charge is 0.320 e. The molecule has 2 atom stereocenters. The van der Waals surface area contributed by atoms with Crippen LogP contribution in [0.4, 0.5) is 0 Å². The van der Waals surface area contributed by atoms with E-state index in [0.717, 1.165) is 32.7 Å². The van der Waals surface area contributed by atoms with Crippen LogP contribution < -0.4 is 5.32 Å². The van der Waals surface area contributed by atoms with Gasteiger partial charge in [-0.15, -0.1) is 0 Å². The lowest BCUT2D eigenvalue weighted by Gasteiger charge is -2.39. The van der Waals surface area contributed by atoms with E-state index in [0.29, 0.717) is 5.96 Å². The molecule has 1 fully saturated rings. The molecular formula is C16H28N4O3. The highest BCUT2D eigenvalue weighted by Crippen LogP contribution is 2.23. The molecule has 0 spiro atoms. The van der Waals surface area contributed by atoms with Crippen molar-refractivity contribution < 1.29 is 14.3 Å². The van der Waals surface area contributed by atoms with Gasteiger partial charge in [0.05, 0.1) is 12.6 Å². The van der Waals surface area contributed by atoms with E-state index in [1.807, 2.05) is 13.8 Å². The van der Waals surface area contributed by atoms with E-state index in [4.69, 9.17) is 4.74 Å². The highest BCUT2D eigenvalue weighted by Gasteiger charge is 2.42. The maximum absolute atomic E-state index is 12.5. The summed E-state index contributed by atoms with van der Waals surface area (Å²) in [6, 6.07) is -0.373. The third-order valence-electron chi connectivity index (χ3n) is 4.47. The highest BCUT2D eigenvalue weighted by molar-refractivity contribution is 6.08. The second-order valence-corrected chi connectivity index (χ2v) is 6.33. The van der Waals surface area contributed by atoms with Gasteiger partial charge in [-0.3, -0.25) is 14.9 Å². The van der Waals surface area contributed by atoms with Gasteiger partial charge in [0, 0.05) is 26.2 Å². The average molecular weight is 324 g/mol. The van der Waals surface area contributed by atoms with Gasteiger partial charge in [0.1, 0.15) is 0 Å². The fourth-order valence-corrected chi connectivity index (χ4v) is 3.04. The first-order valence-electron chi connectivity index (χ1n) is 8.50. The van der Waals surface area contributed by atoms with E-state index < -0.39 is 11.9 Å². The van der Waals surface area contributed by atoms with E-state index >= 15 is 0 Å². The van der Waals surface area contributed by atoms with Crippen LogP contribution in [0.5, 0.6) is 0 Å². The molecule has 7 heteroatoms. The number of nitrogens with one attached hydrogen (secondary N) is 1. The van der Waals surface area contributed by atoms with Crippen LogP contribution in [-0.4, -0.2) is 73.0 Å². The van der Waals surface area contributed by atoms with Crippen molar-refractivity contribution in [3.63, 3.8) is 0 Å². The summed E-state index contributed by atoms with van der Waals surface area (Å²) in [6.45, 7) is 12.7. The first-order chi connectivity index (χ1) is 11.0. The fourth-order valence-electron chi connectivity index (χ4n) is 3.04. The molecule has 0 aromatic rings. The number of hydrogen-bond donors (Lipinski definition) is 1. The highest BCUT2D eigenvalue weighted by atomic mass is 16.5. The summed E-state index contributed by atoms with van der Waals surface area (Å²) in [5.41, 5.74) is 0. The number of amides is 1. The number of rotatable bonds is 4. The summed E-state index contributed by atoms with van der Waals surface area (Å²) < 4.78 is 5.05. The largest absolute Gasteiger partial charge is 0.465 e. The Bertz CT molecular complexity index is 470. The van der Waals surface area contributed by atoms with Crippen molar-refractivity contribution in [2.45, 2.75) is 33.7 Å². The van der Waals surface area contributed by atoms with Crippen LogP contribution in [0.3, 0.4) is 0 Å². The predicted octanol–water partition coefficient (Wildman–Crippen LogP) is 0.314. The van der Waals surface area contributed by atoms with Gasteiger partial charge in [-0.25, -0.2) is 4.99 Å². The molecule has 23 heavy (non-hydrogen) atoms. The van der Waals surface area contributed by atoms with Crippen molar-refractivity contribution in [3.8, 4) is 0 Å². The summed E-state index contributed by atoms with van der Waals surface area (Å²) in [5.74, 6) is -0.949. The van der Waals surface area contributed by atoms with Gasteiger partial charge in [0.25, 0.3) is 0 Å². The molecule has 1 saturated heterocycles. The van der Waals surface area contributed by atoms with Gasteiger partial charge in [0.2, 0.25) is 11.9 Å². The zero-order chi connectivity index (χ0) is 17.0. The van der Waals surface area contributed by atoms with E-state index in [1.165, 1.54) is 0 Å². The van der Waals surface area contributed by atoms with E-state index in [2.05, 4.69) is 27.0 Å². The third-order valence-corrected chi connectivity index (χ3v) is 4.47.